The normalized spacial score (nSPS) is 12.2. The lowest BCUT2D eigenvalue weighted by Crippen LogP contribution is -2.20. The molecule has 0 saturated heterocycles. The molecule has 1 aliphatic rings. The molecule has 7 heteroatoms. The minimum absolute atomic E-state index is 0.101. The lowest BCUT2D eigenvalue weighted by Gasteiger charge is -2.12. The molecule has 0 spiro atoms. The van der Waals surface area contributed by atoms with Gasteiger partial charge in [-0.05, 0) is 35.9 Å². The van der Waals surface area contributed by atoms with Crippen LogP contribution in [-0.2, 0) is 4.79 Å². The van der Waals surface area contributed by atoms with Gasteiger partial charge in [-0.15, -0.1) is 0 Å². The fourth-order valence-electron chi connectivity index (χ4n) is 3.50. The van der Waals surface area contributed by atoms with E-state index in [1.807, 2.05) is 0 Å². The van der Waals surface area contributed by atoms with Crippen molar-refractivity contribution in [1.82, 2.24) is 0 Å². The van der Waals surface area contributed by atoms with Crippen molar-refractivity contribution in [2.75, 3.05) is 26.1 Å². The highest BCUT2D eigenvalue weighted by Crippen LogP contribution is 2.32. The average Bonchev–Trinajstić information content (AvgIpc) is 3.08. The highest BCUT2D eigenvalue weighted by molar-refractivity contribution is 6.41. The fraction of sp³-hybridized carbons (Fsp3) is 0.115. The second kappa shape index (κ2) is 9.40. The molecule has 1 amide bonds. The molecule has 3 aromatic rings. The summed E-state index contributed by atoms with van der Waals surface area (Å²) in [6, 6.07) is 18.7. The van der Waals surface area contributed by atoms with E-state index in [2.05, 4.69) is 5.32 Å². The van der Waals surface area contributed by atoms with Crippen LogP contribution in [0.25, 0.3) is 6.08 Å². The Labute approximate surface area is 190 Å². The van der Waals surface area contributed by atoms with E-state index in [4.69, 9.17) is 14.2 Å². The molecule has 0 fully saturated rings. The lowest BCUT2D eigenvalue weighted by molar-refractivity contribution is -0.118. The average molecular weight is 443 g/mol. The number of ether oxygens (including phenoxy) is 3. The summed E-state index contributed by atoms with van der Waals surface area (Å²) in [5.74, 6) is 0.397. The van der Waals surface area contributed by atoms with Crippen LogP contribution in [0.5, 0.6) is 17.2 Å². The molecule has 0 bridgehead atoms. The molecule has 0 aromatic heterocycles. The van der Waals surface area contributed by atoms with Crippen LogP contribution in [0.2, 0.25) is 0 Å². The highest BCUT2D eigenvalue weighted by atomic mass is 16.5. The number of Topliss-reactive ketones (excluding diaryl/α,β-unsaturated/α-hetero) is 2. The van der Waals surface area contributed by atoms with Crippen molar-refractivity contribution < 1.29 is 28.6 Å². The molecule has 0 radical (unpaired) electrons. The van der Waals surface area contributed by atoms with Crippen molar-refractivity contribution in [1.29, 1.82) is 0 Å². The van der Waals surface area contributed by atoms with Crippen LogP contribution in [0.3, 0.4) is 0 Å². The maximum atomic E-state index is 12.6. The van der Waals surface area contributed by atoms with E-state index in [1.165, 1.54) is 13.2 Å². The topological polar surface area (TPSA) is 90.9 Å². The van der Waals surface area contributed by atoms with Crippen molar-refractivity contribution in [3.63, 3.8) is 0 Å². The maximum Gasteiger partial charge on any atom is 0.262 e. The summed E-state index contributed by atoms with van der Waals surface area (Å²) < 4.78 is 16.1. The van der Waals surface area contributed by atoms with Gasteiger partial charge in [0.25, 0.3) is 5.91 Å². The van der Waals surface area contributed by atoms with E-state index in [0.29, 0.717) is 39.6 Å². The number of carbonyl (C=O) groups excluding carboxylic acids is 3. The van der Waals surface area contributed by atoms with Gasteiger partial charge in [-0.2, -0.15) is 0 Å². The van der Waals surface area contributed by atoms with E-state index >= 15 is 0 Å². The van der Waals surface area contributed by atoms with Crippen LogP contribution < -0.4 is 19.5 Å². The zero-order chi connectivity index (χ0) is 23.4. The van der Waals surface area contributed by atoms with Gasteiger partial charge in [0.2, 0.25) is 0 Å². The molecule has 0 unspecified atom stereocenters. The maximum absolute atomic E-state index is 12.6. The number of benzene rings is 3. The lowest BCUT2D eigenvalue weighted by atomic mass is 10.1. The molecule has 7 nitrogen and oxygen atoms in total. The summed E-state index contributed by atoms with van der Waals surface area (Å²) in [6.45, 7) is -0.236. The second-order valence-electron chi connectivity index (χ2n) is 7.24. The third kappa shape index (κ3) is 4.62. The number of carbonyl (C=O) groups is 3. The molecule has 0 aliphatic heterocycles. The number of methoxy groups -OCH3 is 2. The van der Waals surface area contributed by atoms with Crippen LogP contribution >= 0.6 is 0 Å². The number of fused-ring (bicyclic) bond motifs is 1. The quantitative estimate of drug-likeness (QED) is 0.435. The number of amides is 1. The standard InChI is InChI=1S/C26H21NO6/c1-31-18-7-5-6-17(14-18)27-24(28)15-33-22-11-10-16(13-23(22)32-2)12-21-25(29)19-8-3-4-9-20(19)26(21)30/h3-14H,15H2,1-2H3,(H,27,28). The number of ketones is 2. The Hall–Kier alpha value is -4.39. The highest BCUT2D eigenvalue weighted by Gasteiger charge is 2.32. The Bertz CT molecular complexity index is 1240. The molecule has 0 saturated carbocycles. The summed E-state index contributed by atoms with van der Waals surface area (Å²) in [6.07, 6.45) is 1.53. The van der Waals surface area contributed by atoms with Gasteiger partial charge in [-0.1, -0.05) is 36.4 Å². The SMILES string of the molecule is COc1cccc(NC(=O)COc2ccc(C=C3C(=O)c4ccccc4C3=O)cc2OC)c1. The van der Waals surface area contributed by atoms with Gasteiger partial charge in [0, 0.05) is 22.9 Å². The molecule has 33 heavy (non-hydrogen) atoms. The van der Waals surface area contributed by atoms with E-state index in [0.717, 1.165) is 0 Å². The van der Waals surface area contributed by atoms with Crippen molar-refractivity contribution >= 4 is 29.2 Å². The van der Waals surface area contributed by atoms with Crippen LogP contribution in [0.1, 0.15) is 26.3 Å². The molecule has 3 aromatic carbocycles. The number of hydrogen-bond donors (Lipinski definition) is 1. The Morgan fingerprint density at radius 1 is 0.848 bits per heavy atom. The molecule has 0 atom stereocenters. The van der Waals surface area contributed by atoms with Gasteiger partial charge < -0.3 is 19.5 Å². The minimum atomic E-state index is -0.351. The minimum Gasteiger partial charge on any atom is -0.497 e. The predicted molar refractivity (Wildman–Crippen MR) is 123 cm³/mol. The monoisotopic (exact) mass is 443 g/mol. The molecule has 166 valence electrons. The molecule has 1 N–H and O–H groups in total. The van der Waals surface area contributed by atoms with Crippen LogP contribution in [0.4, 0.5) is 5.69 Å². The zero-order valence-corrected chi connectivity index (χ0v) is 18.1. The Morgan fingerprint density at radius 3 is 2.24 bits per heavy atom. The molecule has 0 heterocycles. The summed E-state index contributed by atoms with van der Waals surface area (Å²) in [4.78, 5) is 37.5. The van der Waals surface area contributed by atoms with Crippen LogP contribution in [-0.4, -0.2) is 38.3 Å². The molecular formula is C26H21NO6. The van der Waals surface area contributed by atoms with E-state index < -0.39 is 0 Å². The van der Waals surface area contributed by atoms with Gasteiger partial charge in [0.15, 0.2) is 29.7 Å². The number of anilines is 1. The van der Waals surface area contributed by atoms with E-state index in [-0.39, 0.29) is 29.7 Å². The van der Waals surface area contributed by atoms with Crippen LogP contribution in [0, 0.1) is 0 Å². The summed E-state index contributed by atoms with van der Waals surface area (Å²) in [5, 5.41) is 2.73. The number of rotatable bonds is 7. The largest absolute Gasteiger partial charge is 0.497 e. The first-order chi connectivity index (χ1) is 16.0. The Balaban J connectivity index is 1.46. The predicted octanol–water partition coefficient (Wildman–Crippen LogP) is 4.18. The van der Waals surface area contributed by atoms with Gasteiger partial charge in [0.05, 0.1) is 19.8 Å². The summed E-state index contributed by atoms with van der Waals surface area (Å²) >= 11 is 0. The van der Waals surface area contributed by atoms with E-state index in [9.17, 15) is 14.4 Å². The fourth-order valence-corrected chi connectivity index (χ4v) is 3.50. The first kappa shape index (κ1) is 21.8. The Morgan fingerprint density at radius 2 is 1.58 bits per heavy atom. The van der Waals surface area contributed by atoms with Gasteiger partial charge in [-0.3, -0.25) is 14.4 Å². The van der Waals surface area contributed by atoms with Gasteiger partial charge >= 0.3 is 0 Å². The molecular weight excluding hydrogens is 422 g/mol. The number of hydrogen-bond acceptors (Lipinski definition) is 6. The van der Waals surface area contributed by atoms with Gasteiger partial charge in [0.1, 0.15) is 5.75 Å². The zero-order valence-electron chi connectivity index (χ0n) is 18.1. The van der Waals surface area contributed by atoms with E-state index in [1.54, 1.807) is 73.8 Å². The van der Waals surface area contributed by atoms with Crippen molar-refractivity contribution in [3.05, 3.63) is 89.0 Å². The third-order valence-corrected chi connectivity index (χ3v) is 5.12. The molecule has 4 rings (SSSR count). The van der Waals surface area contributed by atoms with Gasteiger partial charge in [-0.25, -0.2) is 0 Å². The van der Waals surface area contributed by atoms with Crippen LogP contribution in [0.15, 0.2) is 72.3 Å². The first-order valence-corrected chi connectivity index (χ1v) is 10.1. The molecule has 1 aliphatic carbocycles. The first-order valence-electron chi connectivity index (χ1n) is 10.1. The van der Waals surface area contributed by atoms with Crippen molar-refractivity contribution in [2.45, 2.75) is 0 Å². The number of allylic oxidation sites excluding steroid dienone is 1. The van der Waals surface area contributed by atoms with Crippen molar-refractivity contribution in [2.24, 2.45) is 0 Å². The summed E-state index contributed by atoms with van der Waals surface area (Å²) in [5.41, 5.74) is 2.10. The van der Waals surface area contributed by atoms with Crippen molar-refractivity contribution in [3.8, 4) is 17.2 Å². The number of nitrogens with one attached hydrogen (secondary N) is 1. The second-order valence-corrected chi connectivity index (χ2v) is 7.24. The summed E-state index contributed by atoms with van der Waals surface area (Å²) in [7, 11) is 3.02. The third-order valence-electron chi connectivity index (χ3n) is 5.12. The Kier molecular flexibility index (Phi) is 6.22. The smallest absolute Gasteiger partial charge is 0.262 e.